The first-order valence-corrected chi connectivity index (χ1v) is 10.3. The van der Waals surface area contributed by atoms with Gasteiger partial charge in [0, 0.05) is 18.8 Å². The van der Waals surface area contributed by atoms with Crippen molar-refractivity contribution < 1.29 is 33.8 Å². The van der Waals surface area contributed by atoms with Gasteiger partial charge in [-0.3, -0.25) is 18.9 Å². The molecule has 14 heteroatoms. The number of hydrogen-bond donors (Lipinski definition) is 5. The highest BCUT2D eigenvalue weighted by Crippen LogP contribution is 2.38. The highest BCUT2D eigenvalue weighted by molar-refractivity contribution is 7.46. The number of imidazole rings is 1. The summed E-state index contributed by atoms with van der Waals surface area (Å²) in [5.74, 6) is 0.330. The first-order valence-electron chi connectivity index (χ1n) is 8.79. The zero-order valence-corrected chi connectivity index (χ0v) is 16.2. The number of nitrogens with one attached hydrogen (secondary N) is 1. The van der Waals surface area contributed by atoms with Gasteiger partial charge in [-0.15, -0.1) is 0 Å². The van der Waals surface area contributed by atoms with E-state index in [2.05, 4.69) is 24.5 Å². The Morgan fingerprint density at radius 3 is 2.80 bits per heavy atom. The topological polar surface area (TPSA) is 193 Å². The van der Waals surface area contributed by atoms with Crippen LogP contribution in [0.3, 0.4) is 0 Å². The second-order valence-electron chi connectivity index (χ2n) is 6.71. The van der Waals surface area contributed by atoms with Gasteiger partial charge >= 0.3 is 7.82 Å². The van der Waals surface area contributed by atoms with Crippen LogP contribution in [0.25, 0.3) is 11.2 Å². The SMILES string of the molecule is O=c1[nH]c(Cc2cccnc2)nc2c1ncn2C1O[C@@H](COP(=O)(O)O)[C@H](O)[C@@H]1O. The number of fused-ring (bicyclic) bond motifs is 1. The summed E-state index contributed by atoms with van der Waals surface area (Å²) in [6, 6.07) is 3.57. The minimum Gasteiger partial charge on any atom is -0.387 e. The molecule has 3 aromatic heterocycles. The van der Waals surface area contributed by atoms with Crippen molar-refractivity contribution in [3.05, 3.63) is 52.6 Å². The molecule has 0 spiro atoms. The van der Waals surface area contributed by atoms with Crippen LogP contribution in [0.15, 0.2) is 35.6 Å². The van der Waals surface area contributed by atoms with E-state index in [1.54, 1.807) is 18.5 Å². The molecule has 0 saturated carbocycles. The van der Waals surface area contributed by atoms with E-state index in [4.69, 9.17) is 14.5 Å². The number of rotatable bonds is 6. The molecule has 1 aliphatic rings. The van der Waals surface area contributed by atoms with Gasteiger partial charge in [-0.1, -0.05) is 6.07 Å². The minimum atomic E-state index is -4.78. The number of H-pyrrole nitrogens is 1. The van der Waals surface area contributed by atoms with Gasteiger partial charge in [0.2, 0.25) is 0 Å². The summed E-state index contributed by atoms with van der Waals surface area (Å²) >= 11 is 0. The fourth-order valence-electron chi connectivity index (χ4n) is 3.20. The van der Waals surface area contributed by atoms with Crippen molar-refractivity contribution in [2.24, 2.45) is 0 Å². The zero-order valence-electron chi connectivity index (χ0n) is 15.3. The quantitative estimate of drug-likeness (QED) is 0.291. The summed E-state index contributed by atoms with van der Waals surface area (Å²) in [6.45, 7) is -0.647. The fourth-order valence-corrected chi connectivity index (χ4v) is 3.55. The fraction of sp³-hybridized carbons (Fsp3) is 0.375. The molecular weight excluding hydrogens is 421 g/mol. The lowest BCUT2D eigenvalue weighted by atomic mass is 10.1. The van der Waals surface area contributed by atoms with E-state index in [0.29, 0.717) is 12.2 Å². The smallest absolute Gasteiger partial charge is 0.387 e. The molecule has 4 heterocycles. The number of aliphatic hydroxyl groups excluding tert-OH is 2. The molecule has 4 atom stereocenters. The summed E-state index contributed by atoms with van der Waals surface area (Å²) in [7, 11) is -4.78. The Hall–Kier alpha value is -2.51. The van der Waals surface area contributed by atoms with Crippen molar-refractivity contribution >= 4 is 19.0 Å². The Kier molecular flexibility index (Phi) is 5.51. The Bertz CT molecular complexity index is 1150. The number of aliphatic hydroxyl groups is 2. The Morgan fingerprint density at radius 1 is 1.30 bits per heavy atom. The molecule has 0 aromatic carbocycles. The van der Waals surface area contributed by atoms with Crippen molar-refractivity contribution in [3.8, 4) is 0 Å². The summed E-state index contributed by atoms with van der Waals surface area (Å²) < 4.78 is 22.1. The van der Waals surface area contributed by atoms with Gasteiger partial charge < -0.3 is 29.7 Å². The molecule has 4 rings (SSSR count). The molecule has 1 unspecified atom stereocenters. The van der Waals surface area contributed by atoms with Crippen LogP contribution >= 0.6 is 7.82 Å². The monoisotopic (exact) mass is 439 g/mol. The minimum absolute atomic E-state index is 0.00476. The number of pyridine rings is 1. The normalized spacial score (nSPS) is 24.5. The van der Waals surface area contributed by atoms with Crippen molar-refractivity contribution in [1.82, 2.24) is 24.5 Å². The van der Waals surface area contributed by atoms with Gasteiger partial charge in [0.05, 0.1) is 12.9 Å². The first kappa shape index (κ1) is 20.8. The largest absolute Gasteiger partial charge is 0.469 e. The molecule has 0 amide bonds. The van der Waals surface area contributed by atoms with E-state index in [0.717, 1.165) is 5.56 Å². The molecule has 30 heavy (non-hydrogen) atoms. The van der Waals surface area contributed by atoms with E-state index in [-0.39, 0.29) is 11.2 Å². The van der Waals surface area contributed by atoms with Gasteiger partial charge in [0.1, 0.15) is 24.1 Å². The summed E-state index contributed by atoms with van der Waals surface area (Å²) in [4.78, 5) is 45.1. The van der Waals surface area contributed by atoms with E-state index in [9.17, 15) is 19.6 Å². The van der Waals surface area contributed by atoms with Crippen LogP contribution in [0, 0.1) is 0 Å². The van der Waals surface area contributed by atoms with Crippen molar-refractivity contribution in [1.29, 1.82) is 0 Å². The molecule has 3 aromatic rings. The summed E-state index contributed by atoms with van der Waals surface area (Å²) in [5, 5.41) is 20.5. The van der Waals surface area contributed by atoms with Crippen molar-refractivity contribution in [3.63, 3.8) is 0 Å². The van der Waals surface area contributed by atoms with Gasteiger partial charge in [-0.2, -0.15) is 0 Å². The van der Waals surface area contributed by atoms with E-state index >= 15 is 0 Å². The number of nitrogens with zero attached hydrogens (tertiary/aromatic N) is 4. The molecular formula is C16H18N5O8P. The van der Waals surface area contributed by atoms with Crippen LogP contribution in [0.5, 0.6) is 0 Å². The molecule has 0 aliphatic carbocycles. The van der Waals surface area contributed by atoms with Crippen molar-refractivity contribution in [2.45, 2.75) is 31.0 Å². The van der Waals surface area contributed by atoms with Crippen LogP contribution in [0.4, 0.5) is 0 Å². The number of aromatic amines is 1. The second kappa shape index (κ2) is 7.96. The number of hydrogen-bond acceptors (Lipinski definition) is 9. The molecule has 1 fully saturated rings. The summed E-state index contributed by atoms with van der Waals surface area (Å²) in [6.07, 6.45) is -0.607. The Morgan fingerprint density at radius 2 is 2.10 bits per heavy atom. The van der Waals surface area contributed by atoms with Crippen LogP contribution in [0.1, 0.15) is 17.6 Å². The maximum atomic E-state index is 12.4. The second-order valence-corrected chi connectivity index (χ2v) is 7.95. The Labute approximate surface area is 168 Å². The maximum Gasteiger partial charge on any atom is 0.469 e. The van der Waals surface area contributed by atoms with Gasteiger partial charge in [-0.25, -0.2) is 14.5 Å². The lowest BCUT2D eigenvalue weighted by Crippen LogP contribution is -2.33. The van der Waals surface area contributed by atoms with Gasteiger partial charge in [0.25, 0.3) is 5.56 Å². The highest BCUT2D eigenvalue weighted by atomic mass is 31.2. The van der Waals surface area contributed by atoms with Crippen LogP contribution in [0.2, 0.25) is 0 Å². The average molecular weight is 439 g/mol. The third-order valence-corrected chi connectivity index (χ3v) is 5.08. The summed E-state index contributed by atoms with van der Waals surface area (Å²) in [5.41, 5.74) is 0.441. The van der Waals surface area contributed by atoms with E-state index < -0.39 is 44.5 Å². The van der Waals surface area contributed by atoms with Crippen LogP contribution < -0.4 is 5.56 Å². The number of ether oxygens (including phenoxy) is 1. The molecule has 1 saturated heterocycles. The highest BCUT2D eigenvalue weighted by Gasteiger charge is 2.45. The lowest BCUT2D eigenvalue weighted by Gasteiger charge is -2.16. The predicted octanol–water partition coefficient (Wildman–Crippen LogP) is -1.17. The van der Waals surface area contributed by atoms with Gasteiger partial charge in [0.15, 0.2) is 17.4 Å². The van der Waals surface area contributed by atoms with Crippen molar-refractivity contribution in [2.75, 3.05) is 6.61 Å². The van der Waals surface area contributed by atoms with Crippen LogP contribution in [-0.4, -0.2) is 69.4 Å². The third-order valence-electron chi connectivity index (χ3n) is 4.59. The third kappa shape index (κ3) is 4.18. The molecule has 0 bridgehead atoms. The molecule has 160 valence electrons. The van der Waals surface area contributed by atoms with E-state index in [1.165, 1.54) is 10.9 Å². The van der Waals surface area contributed by atoms with E-state index in [1.807, 2.05) is 6.07 Å². The average Bonchev–Trinajstić information content (AvgIpc) is 3.22. The number of aromatic nitrogens is 5. The maximum absolute atomic E-state index is 12.4. The predicted molar refractivity (Wildman–Crippen MR) is 99.1 cm³/mol. The standard InChI is InChI=1S/C16H18N5O8P/c22-12-9(6-28-30(25,26)27)29-16(13(12)23)21-7-18-11-14(21)19-10(20-15(11)24)4-8-2-1-3-17-5-8/h1-3,5,7,9,12-13,16,22-23H,4,6H2,(H,19,20,24)(H2,25,26,27)/t9-,12-,13-,16?/m0/s1. The first-order chi connectivity index (χ1) is 14.2. The van der Waals surface area contributed by atoms with Gasteiger partial charge in [-0.05, 0) is 11.6 Å². The van der Waals surface area contributed by atoms with Crippen LogP contribution in [-0.2, 0) is 20.2 Å². The number of phosphoric ester groups is 1. The zero-order chi connectivity index (χ0) is 21.5. The molecule has 0 radical (unpaired) electrons. The molecule has 5 N–H and O–H groups in total. The lowest BCUT2D eigenvalue weighted by molar-refractivity contribution is -0.0504. The molecule has 13 nitrogen and oxygen atoms in total. The molecule has 1 aliphatic heterocycles. The number of phosphoric acid groups is 1. The Balaban J connectivity index is 1.64.